The van der Waals surface area contributed by atoms with Crippen LogP contribution < -0.4 is 11.1 Å². The second kappa shape index (κ2) is 8.34. The molecular formula is C23H16N6O2S. The first-order valence-corrected chi connectivity index (χ1v) is 11.2. The molecule has 0 saturated heterocycles. The minimum absolute atomic E-state index is 0.158. The molecule has 0 unspecified atom stereocenters. The molecule has 156 valence electrons. The van der Waals surface area contributed by atoms with E-state index in [0.29, 0.717) is 22.8 Å². The lowest BCUT2D eigenvalue weighted by atomic mass is 10.1. The van der Waals surface area contributed by atoms with Crippen LogP contribution in [-0.2, 0) is 9.84 Å². The molecule has 0 fully saturated rings. The third kappa shape index (κ3) is 4.48. The summed E-state index contributed by atoms with van der Waals surface area (Å²) >= 11 is 0. The number of hydrogen-bond acceptors (Lipinski definition) is 8. The summed E-state index contributed by atoms with van der Waals surface area (Å²) in [5.41, 5.74) is 8.03. The molecule has 0 aliphatic carbocycles. The van der Waals surface area contributed by atoms with Crippen LogP contribution in [0.1, 0.15) is 17.0 Å². The number of nitrogens with two attached hydrogens (primary N) is 1. The monoisotopic (exact) mass is 440 g/mol. The highest BCUT2D eigenvalue weighted by Crippen LogP contribution is 2.22. The number of anilines is 3. The van der Waals surface area contributed by atoms with E-state index in [-0.39, 0.29) is 16.3 Å². The Morgan fingerprint density at radius 3 is 2.44 bits per heavy atom. The lowest BCUT2D eigenvalue weighted by Crippen LogP contribution is -1.98. The van der Waals surface area contributed by atoms with Gasteiger partial charge in [0.25, 0.3) is 0 Å². The highest BCUT2D eigenvalue weighted by molar-refractivity contribution is 7.90. The molecule has 9 heteroatoms. The number of aromatic nitrogens is 3. The number of benzene rings is 1. The smallest absolute Gasteiger partial charge is 0.175 e. The minimum atomic E-state index is -3.26. The van der Waals surface area contributed by atoms with Crippen molar-refractivity contribution in [3.63, 3.8) is 0 Å². The number of rotatable bonds is 3. The highest BCUT2D eigenvalue weighted by atomic mass is 32.2. The van der Waals surface area contributed by atoms with Crippen LogP contribution >= 0.6 is 0 Å². The van der Waals surface area contributed by atoms with Crippen molar-refractivity contribution in [2.24, 2.45) is 0 Å². The summed E-state index contributed by atoms with van der Waals surface area (Å²) < 4.78 is 23.2. The maximum absolute atomic E-state index is 11.6. The van der Waals surface area contributed by atoms with Crippen LogP contribution in [0.4, 0.5) is 17.2 Å². The Morgan fingerprint density at radius 2 is 1.75 bits per heavy atom. The fraction of sp³-hybridized carbons (Fsp3) is 0.0435. The Labute approximate surface area is 184 Å². The molecule has 1 aromatic carbocycles. The molecule has 0 aliphatic rings. The highest BCUT2D eigenvalue weighted by Gasteiger charge is 2.08. The fourth-order valence-electron chi connectivity index (χ4n) is 2.94. The maximum Gasteiger partial charge on any atom is 0.175 e. The molecule has 3 aromatic heterocycles. The number of nitrogen functional groups attached to an aromatic ring is 1. The van der Waals surface area contributed by atoms with Gasteiger partial charge in [0.15, 0.2) is 15.5 Å². The Bertz CT molecular complexity index is 1550. The van der Waals surface area contributed by atoms with Crippen LogP contribution in [0.25, 0.3) is 10.8 Å². The normalized spacial score (nSPS) is 10.8. The average molecular weight is 440 g/mol. The van der Waals surface area contributed by atoms with Crippen LogP contribution in [0.3, 0.4) is 0 Å². The van der Waals surface area contributed by atoms with E-state index in [1.165, 1.54) is 18.3 Å². The number of nitrogens with zero attached hydrogens (tertiary/aromatic N) is 4. The van der Waals surface area contributed by atoms with Gasteiger partial charge in [0.05, 0.1) is 10.6 Å². The van der Waals surface area contributed by atoms with Crippen molar-refractivity contribution in [3.05, 3.63) is 78.0 Å². The van der Waals surface area contributed by atoms with Gasteiger partial charge in [-0.05, 0) is 48.4 Å². The first-order valence-electron chi connectivity index (χ1n) is 9.33. The quantitative estimate of drug-likeness (QED) is 0.464. The third-order valence-corrected chi connectivity index (χ3v) is 5.68. The second-order valence-electron chi connectivity index (χ2n) is 6.90. The van der Waals surface area contributed by atoms with Gasteiger partial charge in [0.1, 0.15) is 17.6 Å². The average Bonchev–Trinajstić information content (AvgIpc) is 2.77. The molecule has 0 radical (unpaired) electrons. The molecule has 8 nitrogen and oxygen atoms in total. The van der Waals surface area contributed by atoms with Crippen molar-refractivity contribution in [1.29, 1.82) is 5.26 Å². The van der Waals surface area contributed by atoms with E-state index in [9.17, 15) is 8.42 Å². The number of pyridine rings is 3. The van der Waals surface area contributed by atoms with E-state index in [0.717, 1.165) is 17.0 Å². The van der Waals surface area contributed by atoms with E-state index in [4.69, 9.17) is 11.0 Å². The lowest BCUT2D eigenvalue weighted by Gasteiger charge is -2.08. The van der Waals surface area contributed by atoms with Gasteiger partial charge in [-0.2, -0.15) is 5.26 Å². The van der Waals surface area contributed by atoms with E-state index in [2.05, 4.69) is 32.1 Å². The van der Waals surface area contributed by atoms with Crippen LogP contribution in [-0.4, -0.2) is 29.6 Å². The van der Waals surface area contributed by atoms with E-state index in [1.54, 1.807) is 30.6 Å². The molecule has 4 aromatic rings. The zero-order chi connectivity index (χ0) is 22.7. The number of sulfone groups is 1. The molecule has 3 heterocycles. The maximum atomic E-state index is 11.6. The summed E-state index contributed by atoms with van der Waals surface area (Å²) in [4.78, 5) is 13.0. The summed E-state index contributed by atoms with van der Waals surface area (Å²) in [6.07, 6.45) is 6.01. The van der Waals surface area contributed by atoms with Crippen LogP contribution in [0.15, 0.2) is 66.0 Å². The Morgan fingerprint density at radius 1 is 0.969 bits per heavy atom. The first-order chi connectivity index (χ1) is 15.3. The van der Waals surface area contributed by atoms with Crippen LogP contribution in [0, 0.1) is 23.2 Å². The number of nitrogens with one attached hydrogen (secondary N) is 1. The van der Waals surface area contributed by atoms with Gasteiger partial charge in [0.2, 0.25) is 0 Å². The van der Waals surface area contributed by atoms with Gasteiger partial charge in [-0.15, -0.1) is 0 Å². The molecule has 4 rings (SSSR count). The molecule has 0 bridgehead atoms. The number of fused-ring (bicyclic) bond motifs is 1. The zero-order valence-corrected chi connectivity index (χ0v) is 17.7. The van der Waals surface area contributed by atoms with Gasteiger partial charge in [-0.25, -0.2) is 23.4 Å². The van der Waals surface area contributed by atoms with E-state index in [1.807, 2.05) is 18.2 Å². The molecule has 0 saturated carbocycles. The molecule has 0 spiro atoms. The topological polar surface area (TPSA) is 135 Å². The Hall–Kier alpha value is -4.47. The Kier molecular flexibility index (Phi) is 5.42. The molecule has 0 atom stereocenters. The summed E-state index contributed by atoms with van der Waals surface area (Å²) in [6.45, 7) is 0. The minimum Gasteiger partial charge on any atom is -0.396 e. The van der Waals surface area contributed by atoms with E-state index < -0.39 is 9.84 Å². The van der Waals surface area contributed by atoms with Crippen molar-refractivity contribution in [1.82, 2.24) is 15.0 Å². The van der Waals surface area contributed by atoms with Crippen molar-refractivity contribution < 1.29 is 8.42 Å². The second-order valence-corrected chi connectivity index (χ2v) is 8.91. The van der Waals surface area contributed by atoms with Crippen molar-refractivity contribution in [3.8, 4) is 17.9 Å². The van der Waals surface area contributed by atoms with Crippen molar-refractivity contribution >= 4 is 37.8 Å². The summed E-state index contributed by atoms with van der Waals surface area (Å²) in [5, 5.41) is 13.7. The summed E-state index contributed by atoms with van der Waals surface area (Å²) in [6, 6.07) is 13.6. The zero-order valence-electron chi connectivity index (χ0n) is 16.9. The molecular weight excluding hydrogens is 424 g/mol. The molecule has 0 amide bonds. The number of hydrogen-bond donors (Lipinski definition) is 2. The van der Waals surface area contributed by atoms with Crippen molar-refractivity contribution in [2.75, 3.05) is 17.3 Å². The van der Waals surface area contributed by atoms with Crippen LogP contribution in [0.5, 0.6) is 0 Å². The SMILES string of the molecule is CS(=O)(=O)c1ccc(Nc2cc3c(C#Cc4cnc(C#N)c(N)c4)nccc3cn2)cc1. The van der Waals surface area contributed by atoms with Gasteiger partial charge >= 0.3 is 0 Å². The van der Waals surface area contributed by atoms with Gasteiger partial charge in [-0.3, -0.25) is 0 Å². The predicted octanol–water partition coefficient (Wildman–Crippen LogP) is 3.03. The Balaban J connectivity index is 1.66. The number of nitriles is 1. The largest absolute Gasteiger partial charge is 0.396 e. The van der Waals surface area contributed by atoms with Gasteiger partial charge in [0, 0.05) is 46.9 Å². The molecule has 3 N–H and O–H groups in total. The van der Waals surface area contributed by atoms with Crippen molar-refractivity contribution in [2.45, 2.75) is 4.90 Å². The predicted molar refractivity (Wildman–Crippen MR) is 122 cm³/mol. The molecule has 0 aliphatic heterocycles. The first kappa shape index (κ1) is 20.8. The fourth-order valence-corrected chi connectivity index (χ4v) is 3.57. The van der Waals surface area contributed by atoms with E-state index >= 15 is 0 Å². The van der Waals surface area contributed by atoms with Crippen LogP contribution in [0.2, 0.25) is 0 Å². The third-order valence-electron chi connectivity index (χ3n) is 4.55. The van der Waals surface area contributed by atoms with Gasteiger partial charge < -0.3 is 11.1 Å². The summed E-state index contributed by atoms with van der Waals surface area (Å²) in [5.74, 6) is 6.55. The molecule has 32 heavy (non-hydrogen) atoms. The standard InChI is InChI=1S/C23H16N6O2S/c1-32(30,31)18-5-3-17(4-6-18)29-23-11-19-16(14-28-23)8-9-26-21(19)7-2-15-10-20(25)22(12-24)27-13-15/h3-6,8-11,13-14H,25H2,1H3,(H,28,29). The van der Waals surface area contributed by atoms with Gasteiger partial charge in [-0.1, -0.05) is 5.92 Å². The lowest BCUT2D eigenvalue weighted by molar-refractivity contribution is 0.602. The summed E-state index contributed by atoms with van der Waals surface area (Å²) in [7, 11) is -3.26.